The Labute approximate surface area is 147 Å². The molecule has 0 spiro atoms. The molecule has 1 aliphatic heterocycles. The van der Waals surface area contributed by atoms with E-state index in [0.29, 0.717) is 0 Å². The Morgan fingerprint density at radius 2 is 1.92 bits per heavy atom. The molecular formula is C20H24N2O3. The molecule has 1 atom stereocenters. The Hall–Kier alpha value is -2.56. The van der Waals surface area contributed by atoms with Crippen molar-refractivity contribution >= 4 is 5.91 Å². The van der Waals surface area contributed by atoms with Crippen molar-refractivity contribution in [3.8, 4) is 5.75 Å². The minimum absolute atomic E-state index is 0.00369. The Morgan fingerprint density at radius 1 is 1.12 bits per heavy atom. The van der Waals surface area contributed by atoms with Gasteiger partial charge in [-0.1, -0.05) is 31.0 Å². The van der Waals surface area contributed by atoms with E-state index in [2.05, 4.69) is 0 Å². The molecule has 1 aromatic heterocycles. The van der Waals surface area contributed by atoms with Crippen LogP contribution in [0.1, 0.15) is 37.3 Å². The average Bonchev–Trinajstić information content (AvgIpc) is 2.90. The maximum atomic E-state index is 12.9. The van der Waals surface area contributed by atoms with Crippen LogP contribution in [0.4, 0.5) is 0 Å². The second-order valence-corrected chi connectivity index (χ2v) is 6.39. The summed E-state index contributed by atoms with van der Waals surface area (Å²) in [5.41, 5.74) is 0.975. The normalized spacial score (nSPS) is 17.8. The second kappa shape index (κ2) is 8.01. The van der Waals surface area contributed by atoms with Gasteiger partial charge in [-0.3, -0.25) is 9.59 Å². The predicted molar refractivity (Wildman–Crippen MR) is 96.6 cm³/mol. The molecule has 3 rings (SSSR count). The molecule has 1 aromatic carbocycles. The summed E-state index contributed by atoms with van der Waals surface area (Å²) in [7, 11) is 1.65. The number of hydrogen-bond acceptors (Lipinski definition) is 3. The first-order valence-corrected chi connectivity index (χ1v) is 8.78. The smallest absolute Gasteiger partial charge is 0.250 e. The van der Waals surface area contributed by atoms with E-state index in [1.165, 1.54) is 10.6 Å². The molecule has 0 unspecified atom stereocenters. The molecule has 5 heteroatoms. The molecule has 132 valence electrons. The minimum Gasteiger partial charge on any atom is -0.497 e. The number of hydrogen-bond donors (Lipinski definition) is 0. The highest BCUT2D eigenvalue weighted by atomic mass is 16.5. The van der Waals surface area contributed by atoms with Crippen molar-refractivity contribution in [3.63, 3.8) is 0 Å². The zero-order valence-electron chi connectivity index (χ0n) is 14.6. The van der Waals surface area contributed by atoms with Gasteiger partial charge in [-0.25, -0.2) is 0 Å². The third kappa shape index (κ3) is 4.10. The molecule has 1 saturated heterocycles. The van der Waals surface area contributed by atoms with E-state index >= 15 is 0 Å². The topological polar surface area (TPSA) is 51.5 Å². The molecule has 2 heterocycles. The number of benzene rings is 1. The molecule has 5 nitrogen and oxygen atoms in total. The third-order valence-corrected chi connectivity index (χ3v) is 4.78. The first kappa shape index (κ1) is 17.3. The van der Waals surface area contributed by atoms with Crippen molar-refractivity contribution in [3.05, 3.63) is 64.6 Å². The number of likely N-dealkylation sites (tertiary alicyclic amines) is 1. The van der Waals surface area contributed by atoms with Gasteiger partial charge in [-0.2, -0.15) is 0 Å². The highest BCUT2D eigenvalue weighted by Crippen LogP contribution is 2.31. The number of ether oxygens (including phenoxy) is 1. The SMILES string of the molecule is COc1ccc([C@@H]2CCCCCN2C(=O)Cn2ccccc2=O)cc1. The minimum atomic E-state index is -0.147. The largest absolute Gasteiger partial charge is 0.497 e. The second-order valence-electron chi connectivity index (χ2n) is 6.39. The summed E-state index contributed by atoms with van der Waals surface area (Å²) in [5, 5.41) is 0. The lowest BCUT2D eigenvalue weighted by Crippen LogP contribution is -2.38. The summed E-state index contributed by atoms with van der Waals surface area (Å²) >= 11 is 0. The fourth-order valence-corrected chi connectivity index (χ4v) is 3.41. The quantitative estimate of drug-likeness (QED) is 0.860. The monoisotopic (exact) mass is 340 g/mol. The van der Waals surface area contributed by atoms with E-state index in [1.807, 2.05) is 29.2 Å². The van der Waals surface area contributed by atoms with Crippen molar-refractivity contribution in [2.24, 2.45) is 0 Å². The summed E-state index contributed by atoms with van der Waals surface area (Å²) in [6.07, 6.45) is 5.85. The van der Waals surface area contributed by atoms with Crippen molar-refractivity contribution in [1.29, 1.82) is 0 Å². The zero-order valence-corrected chi connectivity index (χ0v) is 14.6. The Morgan fingerprint density at radius 3 is 2.64 bits per heavy atom. The van der Waals surface area contributed by atoms with Crippen LogP contribution in [-0.4, -0.2) is 29.0 Å². The lowest BCUT2D eigenvalue weighted by Gasteiger charge is -2.31. The highest BCUT2D eigenvalue weighted by molar-refractivity contribution is 5.76. The molecule has 0 aliphatic carbocycles. The molecule has 0 N–H and O–H groups in total. The number of methoxy groups -OCH3 is 1. The van der Waals surface area contributed by atoms with E-state index < -0.39 is 0 Å². The molecule has 1 amide bonds. The fraction of sp³-hybridized carbons (Fsp3) is 0.400. The first-order valence-electron chi connectivity index (χ1n) is 8.78. The van der Waals surface area contributed by atoms with Gasteiger partial charge in [0.25, 0.3) is 5.56 Å². The van der Waals surface area contributed by atoms with Crippen LogP contribution in [0.3, 0.4) is 0 Å². The van der Waals surface area contributed by atoms with Crippen molar-refractivity contribution in [2.75, 3.05) is 13.7 Å². The van der Waals surface area contributed by atoms with E-state index in [-0.39, 0.29) is 24.1 Å². The standard InChI is InChI=1S/C20H24N2O3/c1-25-17-11-9-16(10-12-17)18-7-3-2-5-14-22(18)20(24)15-21-13-6-4-8-19(21)23/h4,6,8-13,18H,2-3,5,7,14-15H2,1H3/t18-/m0/s1. The van der Waals surface area contributed by atoms with E-state index in [9.17, 15) is 9.59 Å². The van der Waals surface area contributed by atoms with E-state index in [4.69, 9.17) is 4.74 Å². The van der Waals surface area contributed by atoms with Gasteiger partial charge in [0, 0.05) is 18.8 Å². The van der Waals surface area contributed by atoms with Gasteiger partial charge in [-0.05, 0) is 36.6 Å². The summed E-state index contributed by atoms with van der Waals surface area (Å²) in [5.74, 6) is 0.808. The van der Waals surface area contributed by atoms with Crippen LogP contribution >= 0.6 is 0 Å². The highest BCUT2D eigenvalue weighted by Gasteiger charge is 2.26. The molecule has 0 radical (unpaired) electrons. The van der Waals surface area contributed by atoms with Crippen molar-refractivity contribution in [1.82, 2.24) is 9.47 Å². The molecule has 25 heavy (non-hydrogen) atoms. The van der Waals surface area contributed by atoms with Crippen LogP contribution in [0.25, 0.3) is 0 Å². The van der Waals surface area contributed by atoms with Gasteiger partial charge in [0.2, 0.25) is 5.91 Å². The van der Waals surface area contributed by atoms with Crippen molar-refractivity contribution in [2.45, 2.75) is 38.3 Å². The Kier molecular flexibility index (Phi) is 5.53. The Balaban J connectivity index is 1.83. The van der Waals surface area contributed by atoms with Gasteiger partial charge in [-0.15, -0.1) is 0 Å². The van der Waals surface area contributed by atoms with Gasteiger partial charge in [0.15, 0.2) is 0 Å². The van der Waals surface area contributed by atoms with Gasteiger partial charge >= 0.3 is 0 Å². The maximum Gasteiger partial charge on any atom is 0.250 e. The molecule has 1 fully saturated rings. The molecular weight excluding hydrogens is 316 g/mol. The maximum absolute atomic E-state index is 12.9. The zero-order chi connectivity index (χ0) is 17.6. The fourth-order valence-electron chi connectivity index (χ4n) is 3.41. The third-order valence-electron chi connectivity index (χ3n) is 4.78. The average molecular weight is 340 g/mol. The van der Waals surface area contributed by atoms with E-state index in [1.54, 1.807) is 25.4 Å². The Bertz CT molecular complexity index is 767. The van der Waals surface area contributed by atoms with Crippen LogP contribution in [0.2, 0.25) is 0 Å². The van der Waals surface area contributed by atoms with Gasteiger partial charge in [0.1, 0.15) is 12.3 Å². The molecule has 1 aliphatic rings. The molecule has 0 saturated carbocycles. The van der Waals surface area contributed by atoms with Crippen LogP contribution in [-0.2, 0) is 11.3 Å². The molecule has 2 aromatic rings. The summed E-state index contributed by atoms with van der Waals surface area (Å²) < 4.78 is 6.70. The number of rotatable bonds is 4. The number of nitrogens with zero attached hydrogens (tertiary/aromatic N) is 2. The number of amides is 1. The number of aromatic nitrogens is 1. The lowest BCUT2D eigenvalue weighted by molar-refractivity contribution is -0.134. The van der Waals surface area contributed by atoms with E-state index in [0.717, 1.165) is 43.5 Å². The predicted octanol–water partition coefficient (Wildman–Crippen LogP) is 3.00. The van der Waals surface area contributed by atoms with Crippen molar-refractivity contribution < 1.29 is 9.53 Å². The van der Waals surface area contributed by atoms with Crippen LogP contribution in [0.15, 0.2) is 53.5 Å². The summed E-state index contributed by atoms with van der Waals surface area (Å²) in [6, 6.07) is 12.9. The van der Waals surface area contributed by atoms with Gasteiger partial charge in [0.05, 0.1) is 13.2 Å². The molecule has 0 bridgehead atoms. The summed E-state index contributed by atoms with van der Waals surface area (Å²) in [6.45, 7) is 0.823. The van der Waals surface area contributed by atoms with Gasteiger partial charge < -0.3 is 14.2 Å². The number of carbonyl (C=O) groups is 1. The lowest BCUT2D eigenvalue weighted by atomic mass is 10.0. The van der Waals surface area contributed by atoms with Crippen LogP contribution in [0, 0.1) is 0 Å². The summed E-state index contributed by atoms with van der Waals surface area (Å²) in [4.78, 5) is 26.8. The first-order chi connectivity index (χ1) is 12.2. The number of pyridine rings is 1. The van der Waals surface area contributed by atoms with Crippen LogP contribution in [0.5, 0.6) is 5.75 Å². The van der Waals surface area contributed by atoms with Crippen LogP contribution < -0.4 is 10.3 Å². The number of carbonyl (C=O) groups excluding carboxylic acids is 1.